The molecular weight excluding hydrogens is 300 g/mol. The number of rotatable bonds is 4. The standard InChI is InChI=1S/C19H20N4O/c1-13-4-5-16(10-14(13)2)19(24)21-12-17-11-18(23(3)22-17)15-6-8-20-9-7-15/h4-11H,12H2,1-3H3,(H,21,24). The van der Waals surface area contributed by atoms with Gasteiger partial charge in [0.1, 0.15) is 0 Å². The minimum Gasteiger partial charge on any atom is -0.346 e. The van der Waals surface area contributed by atoms with Gasteiger partial charge in [0.05, 0.1) is 17.9 Å². The van der Waals surface area contributed by atoms with E-state index < -0.39 is 0 Å². The second-order valence-electron chi connectivity index (χ2n) is 5.86. The lowest BCUT2D eigenvalue weighted by atomic mass is 10.1. The van der Waals surface area contributed by atoms with Crippen molar-refractivity contribution in [1.82, 2.24) is 20.1 Å². The lowest BCUT2D eigenvalue weighted by Gasteiger charge is -2.06. The summed E-state index contributed by atoms with van der Waals surface area (Å²) in [5, 5.41) is 7.39. The summed E-state index contributed by atoms with van der Waals surface area (Å²) in [6.07, 6.45) is 3.51. The Hall–Kier alpha value is -2.95. The molecule has 0 saturated carbocycles. The topological polar surface area (TPSA) is 59.8 Å². The molecule has 0 atom stereocenters. The molecule has 2 aromatic heterocycles. The first-order chi connectivity index (χ1) is 11.5. The average molecular weight is 320 g/mol. The van der Waals surface area contributed by atoms with Crippen LogP contribution in [0.3, 0.4) is 0 Å². The molecule has 24 heavy (non-hydrogen) atoms. The van der Waals surface area contributed by atoms with Gasteiger partial charge in [-0.2, -0.15) is 5.10 Å². The van der Waals surface area contributed by atoms with Crippen LogP contribution in [0.1, 0.15) is 27.2 Å². The van der Waals surface area contributed by atoms with Crippen molar-refractivity contribution in [2.75, 3.05) is 0 Å². The molecule has 0 unspecified atom stereocenters. The zero-order valence-electron chi connectivity index (χ0n) is 14.1. The van der Waals surface area contributed by atoms with Gasteiger partial charge < -0.3 is 5.32 Å². The number of aromatic nitrogens is 3. The zero-order valence-corrected chi connectivity index (χ0v) is 14.1. The van der Waals surface area contributed by atoms with Gasteiger partial charge in [0.25, 0.3) is 5.91 Å². The summed E-state index contributed by atoms with van der Waals surface area (Å²) in [4.78, 5) is 16.3. The Kier molecular flexibility index (Phi) is 4.42. The van der Waals surface area contributed by atoms with Crippen molar-refractivity contribution < 1.29 is 4.79 Å². The van der Waals surface area contributed by atoms with Crippen molar-refractivity contribution in [3.05, 3.63) is 71.2 Å². The van der Waals surface area contributed by atoms with Crippen molar-refractivity contribution in [3.8, 4) is 11.3 Å². The number of nitrogens with one attached hydrogen (secondary N) is 1. The van der Waals surface area contributed by atoms with Gasteiger partial charge in [0.15, 0.2) is 0 Å². The van der Waals surface area contributed by atoms with E-state index in [1.54, 1.807) is 12.4 Å². The Morgan fingerprint density at radius 3 is 2.54 bits per heavy atom. The Bertz CT molecular complexity index is 868. The van der Waals surface area contributed by atoms with Gasteiger partial charge in [-0.1, -0.05) is 6.07 Å². The van der Waals surface area contributed by atoms with Gasteiger partial charge in [-0.3, -0.25) is 14.5 Å². The third kappa shape index (κ3) is 3.35. The van der Waals surface area contributed by atoms with Crippen LogP contribution in [0.15, 0.2) is 48.8 Å². The lowest BCUT2D eigenvalue weighted by Crippen LogP contribution is -2.23. The second kappa shape index (κ2) is 6.66. The van der Waals surface area contributed by atoms with Crippen LogP contribution in [-0.4, -0.2) is 20.7 Å². The largest absolute Gasteiger partial charge is 0.346 e. The number of carbonyl (C=O) groups is 1. The van der Waals surface area contributed by atoms with E-state index in [1.165, 1.54) is 5.56 Å². The highest BCUT2D eigenvalue weighted by atomic mass is 16.1. The molecule has 0 fully saturated rings. The number of carbonyl (C=O) groups excluding carboxylic acids is 1. The lowest BCUT2D eigenvalue weighted by molar-refractivity contribution is 0.0950. The number of hydrogen-bond acceptors (Lipinski definition) is 3. The van der Waals surface area contributed by atoms with E-state index in [-0.39, 0.29) is 5.91 Å². The molecule has 0 aliphatic rings. The third-order valence-corrected chi connectivity index (χ3v) is 4.11. The molecule has 0 bridgehead atoms. The van der Waals surface area contributed by atoms with Crippen LogP contribution in [0.5, 0.6) is 0 Å². The van der Waals surface area contributed by atoms with Crippen LogP contribution >= 0.6 is 0 Å². The number of aryl methyl sites for hydroxylation is 3. The Labute approximate surface area is 141 Å². The van der Waals surface area contributed by atoms with E-state index in [0.717, 1.165) is 22.5 Å². The molecule has 0 radical (unpaired) electrons. The van der Waals surface area contributed by atoms with Crippen LogP contribution in [0, 0.1) is 13.8 Å². The summed E-state index contributed by atoms with van der Waals surface area (Å²) in [6, 6.07) is 11.6. The van der Waals surface area contributed by atoms with Gasteiger partial charge in [0.2, 0.25) is 0 Å². The van der Waals surface area contributed by atoms with Crippen LogP contribution in [-0.2, 0) is 13.6 Å². The number of hydrogen-bond donors (Lipinski definition) is 1. The van der Waals surface area contributed by atoms with Crippen molar-refractivity contribution in [1.29, 1.82) is 0 Å². The van der Waals surface area contributed by atoms with Gasteiger partial charge in [-0.15, -0.1) is 0 Å². The van der Waals surface area contributed by atoms with Crippen LogP contribution in [0.2, 0.25) is 0 Å². The highest BCUT2D eigenvalue weighted by molar-refractivity contribution is 5.94. The van der Waals surface area contributed by atoms with Gasteiger partial charge in [-0.25, -0.2) is 0 Å². The van der Waals surface area contributed by atoms with Gasteiger partial charge in [-0.05, 0) is 55.3 Å². The first-order valence-electron chi connectivity index (χ1n) is 7.83. The van der Waals surface area contributed by atoms with E-state index in [4.69, 9.17) is 0 Å². The molecule has 0 aliphatic heterocycles. The molecule has 0 saturated heterocycles. The maximum atomic E-state index is 12.3. The third-order valence-electron chi connectivity index (χ3n) is 4.11. The summed E-state index contributed by atoms with van der Waals surface area (Å²) < 4.78 is 1.81. The van der Waals surface area contributed by atoms with Crippen LogP contribution in [0.4, 0.5) is 0 Å². The highest BCUT2D eigenvalue weighted by Crippen LogP contribution is 2.18. The summed E-state index contributed by atoms with van der Waals surface area (Å²) in [7, 11) is 1.89. The normalized spacial score (nSPS) is 10.6. The van der Waals surface area contributed by atoms with Crippen LogP contribution < -0.4 is 5.32 Å². The second-order valence-corrected chi connectivity index (χ2v) is 5.86. The minimum atomic E-state index is -0.0887. The smallest absolute Gasteiger partial charge is 0.251 e. The van der Waals surface area contributed by atoms with Gasteiger partial charge in [0, 0.05) is 30.6 Å². The number of nitrogens with zero attached hydrogens (tertiary/aromatic N) is 3. The fourth-order valence-electron chi connectivity index (χ4n) is 2.56. The fraction of sp³-hybridized carbons (Fsp3) is 0.211. The van der Waals surface area contributed by atoms with E-state index >= 15 is 0 Å². The SMILES string of the molecule is Cc1ccc(C(=O)NCc2cc(-c3ccncc3)n(C)n2)cc1C. The first kappa shape index (κ1) is 15.9. The van der Waals surface area contributed by atoms with Crippen molar-refractivity contribution >= 4 is 5.91 Å². The first-order valence-corrected chi connectivity index (χ1v) is 7.83. The van der Waals surface area contributed by atoms with E-state index in [9.17, 15) is 4.79 Å². The maximum Gasteiger partial charge on any atom is 0.251 e. The predicted octanol–water partition coefficient (Wildman–Crippen LogP) is 3.03. The average Bonchev–Trinajstić information content (AvgIpc) is 2.97. The highest BCUT2D eigenvalue weighted by Gasteiger charge is 2.10. The van der Waals surface area contributed by atoms with E-state index in [2.05, 4.69) is 15.4 Å². The van der Waals surface area contributed by atoms with Crippen molar-refractivity contribution in [3.63, 3.8) is 0 Å². The Morgan fingerprint density at radius 2 is 1.83 bits per heavy atom. The molecule has 5 nitrogen and oxygen atoms in total. The predicted molar refractivity (Wildman–Crippen MR) is 93.5 cm³/mol. The molecule has 122 valence electrons. The summed E-state index contributed by atoms with van der Waals surface area (Å²) in [5.74, 6) is -0.0887. The molecule has 1 amide bonds. The summed E-state index contributed by atoms with van der Waals surface area (Å²) in [5.41, 5.74) is 5.82. The minimum absolute atomic E-state index is 0.0887. The molecule has 3 rings (SSSR count). The molecule has 0 aliphatic carbocycles. The monoisotopic (exact) mass is 320 g/mol. The molecule has 3 aromatic rings. The summed E-state index contributed by atoms with van der Waals surface area (Å²) >= 11 is 0. The van der Waals surface area contributed by atoms with E-state index in [0.29, 0.717) is 12.1 Å². The molecule has 5 heteroatoms. The van der Waals surface area contributed by atoms with Gasteiger partial charge >= 0.3 is 0 Å². The Balaban J connectivity index is 1.71. The molecule has 1 aromatic carbocycles. The zero-order chi connectivity index (χ0) is 17.1. The quantitative estimate of drug-likeness (QED) is 0.804. The molecule has 1 N–H and O–H groups in total. The Morgan fingerprint density at radius 1 is 1.08 bits per heavy atom. The molecule has 0 spiro atoms. The van der Waals surface area contributed by atoms with E-state index in [1.807, 2.05) is 62.0 Å². The van der Waals surface area contributed by atoms with Crippen molar-refractivity contribution in [2.45, 2.75) is 20.4 Å². The maximum absolute atomic E-state index is 12.3. The summed E-state index contributed by atoms with van der Waals surface area (Å²) in [6.45, 7) is 4.43. The fourth-order valence-corrected chi connectivity index (χ4v) is 2.56. The molecule has 2 heterocycles. The molecular formula is C19H20N4O. The van der Waals surface area contributed by atoms with Crippen molar-refractivity contribution in [2.24, 2.45) is 7.05 Å². The number of pyridine rings is 1. The number of benzene rings is 1. The number of amides is 1. The van der Waals surface area contributed by atoms with Crippen LogP contribution in [0.25, 0.3) is 11.3 Å².